The second-order valence-corrected chi connectivity index (χ2v) is 6.97. The van der Waals surface area contributed by atoms with Gasteiger partial charge in [-0.2, -0.15) is 9.50 Å². The van der Waals surface area contributed by atoms with Gasteiger partial charge in [0.25, 0.3) is 5.78 Å². The molecule has 1 fully saturated rings. The van der Waals surface area contributed by atoms with Gasteiger partial charge in [-0.1, -0.05) is 0 Å². The van der Waals surface area contributed by atoms with E-state index < -0.39 is 0 Å². The fraction of sp³-hybridized carbons (Fsp3) is 0.474. The second-order valence-electron chi connectivity index (χ2n) is 6.97. The molecule has 7 nitrogen and oxygen atoms in total. The Morgan fingerprint density at radius 3 is 2.42 bits per heavy atom. The molecule has 4 heterocycles. The predicted octanol–water partition coefficient (Wildman–Crippen LogP) is 2.95. The normalized spacial score (nSPS) is 15.5. The summed E-state index contributed by atoms with van der Waals surface area (Å²) in [6.07, 6.45) is 2.02. The molecular weight excluding hydrogens is 328 g/mol. The third-order valence-corrected chi connectivity index (χ3v) is 4.70. The molecule has 3 aromatic rings. The van der Waals surface area contributed by atoms with Crippen molar-refractivity contribution in [2.45, 2.75) is 46.1 Å². The fourth-order valence-electron chi connectivity index (χ4n) is 3.58. The monoisotopic (exact) mass is 352 g/mol. The van der Waals surface area contributed by atoms with E-state index in [1.807, 2.05) is 25.3 Å². The van der Waals surface area contributed by atoms with Gasteiger partial charge in [0.2, 0.25) is 5.95 Å². The van der Waals surface area contributed by atoms with Crippen LogP contribution in [-0.2, 0) is 11.3 Å². The summed E-state index contributed by atoms with van der Waals surface area (Å²) in [5, 5.41) is 7.98. The third kappa shape index (κ3) is 3.53. The molecule has 0 bridgehead atoms. The molecule has 0 radical (unpaired) electrons. The summed E-state index contributed by atoms with van der Waals surface area (Å²) in [5.74, 6) is 1.69. The Hall–Kier alpha value is -2.54. The lowest BCUT2D eigenvalue weighted by molar-refractivity contribution is 0.0840. The molecule has 0 aliphatic carbocycles. The van der Waals surface area contributed by atoms with Crippen molar-refractivity contribution in [3.8, 4) is 0 Å². The standard InChI is InChI=1S/C19H24N6O/c1-12-8-15(9-13(2)21-12)11-20-18-23-19-22-14(3)10-17(25(19)24-18)16-4-6-26-7-5-16/h8-10,16H,4-7,11H2,1-3H3,(H,20,24). The molecule has 4 rings (SSSR count). The first-order valence-corrected chi connectivity index (χ1v) is 9.08. The summed E-state index contributed by atoms with van der Waals surface area (Å²) in [5.41, 5.74) is 5.35. The summed E-state index contributed by atoms with van der Waals surface area (Å²) in [6, 6.07) is 6.27. The number of nitrogens with zero attached hydrogens (tertiary/aromatic N) is 5. The van der Waals surface area contributed by atoms with Crippen molar-refractivity contribution in [3.63, 3.8) is 0 Å². The number of nitrogens with one attached hydrogen (secondary N) is 1. The maximum absolute atomic E-state index is 5.50. The van der Waals surface area contributed by atoms with Crippen molar-refractivity contribution in [2.24, 2.45) is 0 Å². The van der Waals surface area contributed by atoms with E-state index in [9.17, 15) is 0 Å². The molecule has 0 unspecified atom stereocenters. The summed E-state index contributed by atoms with van der Waals surface area (Å²) >= 11 is 0. The largest absolute Gasteiger partial charge is 0.381 e. The molecule has 136 valence electrons. The lowest BCUT2D eigenvalue weighted by Gasteiger charge is -2.22. The van der Waals surface area contributed by atoms with Crippen LogP contribution in [0, 0.1) is 20.8 Å². The minimum atomic E-state index is 0.438. The van der Waals surface area contributed by atoms with E-state index in [0.717, 1.165) is 43.1 Å². The number of hydrogen-bond donors (Lipinski definition) is 1. The van der Waals surface area contributed by atoms with Crippen molar-refractivity contribution in [1.29, 1.82) is 0 Å². The van der Waals surface area contributed by atoms with Gasteiger partial charge >= 0.3 is 0 Å². The van der Waals surface area contributed by atoms with Crippen LogP contribution >= 0.6 is 0 Å². The van der Waals surface area contributed by atoms with E-state index in [1.165, 1.54) is 11.3 Å². The Morgan fingerprint density at radius 1 is 1.00 bits per heavy atom. The molecular formula is C19H24N6O. The van der Waals surface area contributed by atoms with Crippen molar-refractivity contribution in [3.05, 3.63) is 46.5 Å². The average molecular weight is 352 g/mol. The Morgan fingerprint density at radius 2 is 1.69 bits per heavy atom. The van der Waals surface area contributed by atoms with Crippen LogP contribution in [-0.4, -0.2) is 37.8 Å². The SMILES string of the molecule is Cc1cc(CNc2nc3nc(C)cc(C4CCOCC4)n3n2)cc(C)n1. The first-order valence-electron chi connectivity index (χ1n) is 9.08. The molecule has 1 N–H and O–H groups in total. The molecule has 0 aromatic carbocycles. The van der Waals surface area contributed by atoms with Crippen LogP contribution < -0.4 is 5.32 Å². The van der Waals surface area contributed by atoms with Crippen molar-refractivity contribution in [1.82, 2.24) is 24.6 Å². The molecule has 0 amide bonds. The van der Waals surface area contributed by atoms with Gasteiger partial charge in [-0.15, -0.1) is 5.10 Å². The maximum atomic E-state index is 5.50. The summed E-state index contributed by atoms with van der Waals surface area (Å²) in [4.78, 5) is 13.5. The van der Waals surface area contributed by atoms with E-state index >= 15 is 0 Å². The summed E-state index contributed by atoms with van der Waals surface area (Å²) < 4.78 is 7.38. The quantitative estimate of drug-likeness (QED) is 0.778. The number of ether oxygens (including phenoxy) is 1. The zero-order chi connectivity index (χ0) is 18.1. The highest BCUT2D eigenvalue weighted by molar-refractivity contribution is 5.40. The third-order valence-electron chi connectivity index (χ3n) is 4.70. The van der Waals surface area contributed by atoms with Crippen molar-refractivity contribution >= 4 is 11.7 Å². The van der Waals surface area contributed by atoms with Gasteiger partial charge in [-0.25, -0.2) is 4.98 Å². The maximum Gasteiger partial charge on any atom is 0.254 e. The number of fused-ring (bicyclic) bond motifs is 1. The van der Waals surface area contributed by atoms with Gasteiger partial charge in [-0.05, 0) is 57.4 Å². The predicted molar refractivity (Wildman–Crippen MR) is 99.4 cm³/mol. The highest BCUT2D eigenvalue weighted by Gasteiger charge is 2.21. The first kappa shape index (κ1) is 16.9. The van der Waals surface area contributed by atoms with E-state index in [4.69, 9.17) is 4.74 Å². The molecule has 1 saturated heterocycles. The Balaban J connectivity index is 1.60. The second kappa shape index (κ2) is 6.99. The minimum absolute atomic E-state index is 0.438. The average Bonchev–Trinajstić information content (AvgIpc) is 3.02. The van der Waals surface area contributed by atoms with Crippen LogP contribution in [0.3, 0.4) is 0 Å². The highest BCUT2D eigenvalue weighted by atomic mass is 16.5. The minimum Gasteiger partial charge on any atom is -0.381 e. The van der Waals surface area contributed by atoms with Crippen LogP contribution in [0.25, 0.3) is 5.78 Å². The zero-order valence-electron chi connectivity index (χ0n) is 15.5. The lowest BCUT2D eigenvalue weighted by atomic mass is 9.96. The van der Waals surface area contributed by atoms with Crippen LogP contribution in [0.4, 0.5) is 5.95 Å². The van der Waals surface area contributed by atoms with E-state index in [1.54, 1.807) is 0 Å². The molecule has 7 heteroatoms. The highest BCUT2D eigenvalue weighted by Crippen LogP contribution is 2.27. The molecule has 0 spiro atoms. The number of anilines is 1. The van der Waals surface area contributed by atoms with Crippen molar-refractivity contribution in [2.75, 3.05) is 18.5 Å². The molecule has 0 atom stereocenters. The number of aryl methyl sites for hydroxylation is 3. The lowest BCUT2D eigenvalue weighted by Crippen LogP contribution is -2.17. The topological polar surface area (TPSA) is 77.2 Å². The van der Waals surface area contributed by atoms with Gasteiger partial charge in [-0.3, -0.25) is 4.98 Å². The number of aromatic nitrogens is 5. The first-order chi connectivity index (χ1) is 12.6. The Kier molecular flexibility index (Phi) is 4.55. The molecule has 1 aliphatic rings. The Bertz CT molecular complexity index is 909. The number of rotatable bonds is 4. The van der Waals surface area contributed by atoms with Crippen LogP contribution in [0.5, 0.6) is 0 Å². The summed E-state index contributed by atoms with van der Waals surface area (Å²) in [7, 11) is 0. The van der Waals surface area contributed by atoms with Gasteiger partial charge in [0.15, 0.2) is 0 Å². The van der Waals surface area contributed by atoms with Crippen molar-refractivity contribution < 1.29 is 4.74 Å². The van der Waals surface area contributed by atoms with Gasteiger partial charge in [0.1, 0.15) is 0 Å². The number of hydrogen-bond acceptors (Lipinski definition) is 6. The van der Waals surface area contributed by atoms with Crippen LogP contribution in [0.15, 0.2) is 18.2 Å². The molecule has 0 saturated carbocycles. The van der Waals surface area contributed by atoms with Gasteiger partial charge < -0.3 is 10.1 Å². The summed E-state index contributed by atoms with van der Waals surface area (Å²) in [6.45, 7) is 8.28. The molecule has 1 aliphatic heterocycles. The van der Waals surface area contributed by atoms with E-state index in [-0.39, 0.29) is 0 Å². The van der Waals surface area contributed by atoms with Gasteiger partial charge in [0, 0.05) is 42.8 Å². The fourth-order valence-corrected chi connectivity index (χ4v) is 3.58. The smallest absolute Gasteiger partial charge is 0.254 e. The molecule has 3 aromatic heterocycles. The molecule has 26 heavy (non-hydrogen) atoms. The van der Waals surface area contributed by atoms with Crippen LogP contribution in [0.2, 0.25) is 0 Å². The van der Waals surface area contributed by atoms with E-state index in [2.05, 4.69) is 43.6 Å². The van der Waals surface area contributed by atoms with Crippen LogP contribution in [0.1, 0.15) is 47.1 Å². The zero-order valence-corrected chi connectivity index (χ0v) is 15.5. The number of pyridine rings is 1. The van der Waals surface area contributed by atoms with Gasteiger partial charge in [0.05, 0.1) is 5.69 Å². The van der Waals surface area contributed by atoms with E-state index in [0.29, 0.717) is 24.2 Å². The Labute approximate surface area is 152 Å².